The van der Waals surface area contributed by atoms with Crippen LogP contribution in [0.3, 0.4) is 0 Å². The maximum absolute atomic E-state index is 11.2. The van der Waals surface area contributed by atoms with E-state index in [4.69, 9.17) is 9.47 Å². The number of carbonyl (C=O) groups excluding carboxylic acids is 1. The number of fused-ring (bicyclic) bond motifs is 1. The molecule has 2 rings (SSSR count). The van der Waals surface area contributed by atoms with E-state index < -0.39 is 0 Å². The van der Waals surface area contributed by atoms with Gasteiger partial charge in [0.25, 0.3) is 0 Å². The van der Waals surface area contributed by atoms with Crippen LogP contribution in [-0.2, 0) is 0 Å². The van der Waals surface area contributed by atoms with Crippen molar-refractivity contribution in [2.45, 2.75) is 13.3 Å². The minimum Gasteiger partial charge on any atom is -0.504 e. The van der Waals surface area contributed by atoms with E-state index in [-0.39, 0.29) is 22.8 Å². The standard InChI is InChI=1S/C11H12O4/c1-7(12)8-3-4-9-11(10(8)13)15-6-2-5-14-9/h3-4,13H,2,5-6H2,1H3. The average molecular weight is 208 g/mol. The second-order valence-corrected chi connectivity index (χ2v) is 3.40. The lowest BCUT2D eigenvalue weighted by Crippen LogP contribution is -1.98. The van der Waals surface area contributed by atoms with Gasteiger partial charge in [0.1, 0.15) is 0 Å². The van der Waals surface area contributed by atoms with E-state index in [1.807, 2.05) is 0 Å². The fraction of sp³-hybridized carbons (Fsp3) is 0.364. The molecule has 80 valence electrons. The van der Waals surface area contributed by atoms with Crippen LogP contribution in [0.2, 0.25) is 0 Å². The number of rotatable bonds is 1. The summed E-state index contributed by atoms with van der Waals surface area (Å²) in [5.41, 5.74) is 0.263. The molecular formula is C11H12O4. The van der Waals surface area contributed by atoms with Crippen molar-refractivity contribution in [1.82, 2.24) is 0 Å². The number of phenols is 1. The van der Waals surface area contributed by atoms with Crippen molar-refractivity contribution in [2.24, 2.45) is 0 Å². The van der Waals surface area contributed by atoms with Gasteiger partial charge in [-0.3, -0.25) is 4.79 Å². The van der Waals surface area contributed by atoms with Gasteiger partial charge in [0, 0.05) is 6.42 Å². The molecule has 0 fully saturated rings. The van der Waals surface area contributed by atoms with Gasteiger partial charge >= 0.3 is 0 Å². The molecule has 4 nitrogen and oxygen atoms in total. The molecule has 4 heteroatoms. The number of Topliss-reactive ketones (excluding diaryl/α,β-unsaturated/α-hetero) is 1. The summed E-state index contributed by atoms with van der Waals surface area (Å²) in [6.45, 7) is 2.45. The van der Waals surface area contributed by atoms with Gasteiger partial charge in [-0.25, -0.2) is 0 Å². The molecule has 15 heavy (non-hydrogen) atoms. The lowest BCUT2D eigenvalue weighted by molar-refractivity contribution is 0.101. The van der Waals surface area contributed by atoms with Crippen LogP contribution in [0.15, 0.2) is 12.1 Å². The number of hydrogen-bond donors (Lipinski definition) is 1. The van der Waals surface area contributed by atoms with Crippen LogP contribution in [0.4, 0.5) is 0 Å². The second kappa shape index (κ2) is 3.81. The Labute approximate surface area is 87.4 Å². The van der Waals surface area contributed by atoms with E-state index in [0.29, 0.717) is 19.0 Å². The summed E-state index contributed by atoms with van der Waals surface area (Å²) >= 11 is 0. The highest BCUT2D eigenvalue weighted by Gasteiger charge is 2.19. The van der Waals surface area contributed by atoms with E-state index in [1.54, 1.807) is 12.1 Å². The largest absolute Gasteiger partial charge is 0.504 e. The molecule has 0 aliphatic carbocycles. The van der Waals surface area contributed by atoms with Gasteiger partial charge in [-0.2, -0.15) is 0 Å². The third-order valence-corrected chi connectivity index (χ3v) is 2.27. The van der Waals surface area contributed by atoms with Gasteiger partial charge < -0.3 is 14.6 Å². The zero-order chi connectivity index (χ0) is 10.8. The Morgan fingerprint density at radius 3 is 2.80 bits per heavy atom. The molecule has 0 radical (unpaired) electrons. The summed E-state index contributed by atoms with van der Waals surface area (Å²) in [5.74, 6) is 0.459. The Hall–Kier alpha value is -1.71. The van der Waals surface area contributed by atoms with Crippen molar-refractivity contribution in [3.8, 4) is 17.2 Å². The summed E-state index contributed by atoms with van der Waals surface area (Å²) in [4.78, 5) is 11.2. The Morgan fingerprint density at radius 1 is 1.33 bits per heavy atom. The molecular weight excluding hydrogens is 196 g/mol. The lowest BCUT2D eigenvalue weighted by atomic mass is 10.1. The Bertz CT molecular complexity index is 398. The summed E-state index contributed by atoms with van der Waals surface area (Å²) in [6, 6.07) is 3.20. The predicted octanol–water partition coefficient (Wildman–Crippen LogP) is 1.76. The second-order valence-electron chi connectivity index (χ2n) is 3.40. The fourth-order valence-corrected chi connectivity index (χ4v) is 1.51. The van der Waals surface area contributed by atoms with E-state index in [9.17, 15) is 9.90 Å². The molecule has 0 saturated heterocycles. The van der Waals surface area contributed by atoms with Crippen LogP contribution < -0.4 is 9.47 Å². The van der Waals surface area contributed by atoms with Crippen LogP contribution in [-0.4, -0.2) is 24.1 Å². The van der Waals surface area contributed by atoms with E-state index in [0.717, 1.165) is 6.42 Å². The maximum Gasteiger partial charge on any atom is 0.204 e. The minimum absolute atomic E-state index is 0.123. The van der Waals surface area contributed by atoms with Gasteiger partial charge in [0.15, 0.2) is 17.3 Å². The highest BCUT2D eigenvalue weighted by atomic mass is 16.5. The van der Waals surface area contributed by atoms with Gasteiger partial charge in [0.2, 0.25) is 5.75 Å². The molecule has 0 unspecified atom stereocenters. The fourth-order valence-electron chi connectivity index (χ4n) is 1.51. The van der Waals surface area contributed by atoms with Crippen molar-refractivity contribution < 1.29 is 19.4 Å². The smallest absolute Gasteiger partial charge is 0.204 e. The molecule has 1 aliphatic heterocycles. The number of carbonyl (C=O) groups is 1. The van der Waals surface area contributed by atoms with Crippen LogP contribution >= 0.6 is 0 Å². The first kappa shape index (κ1) is 9.83. The third kappa shape index (κ3) is 1.75. The maximum atomic E-state index is 11.2. The number of phenolic OH excluding ortho intramolecular Hbond substituents is 1. The molecule has 0 spiro atoms. The molecule has 0 saturated carbocycles. The van der Waals surface area contributed by atoms with Crippen molar-refractivity contribution >= 4 is 5.78 Å². The highest BCUT2D eigenvalue weighted by Crippen LogP contribution is 2.40. The minimum atomic E-state index is -0.192. The first-order valence-corrected chi connectivity index (χ1v) is 4.82. The normalized spacial score (nSPS) is 14.5. The van der Waals surface area contributed by atoms with Gasteiger partial charge in [-0.1, -0.05) is 0 Å². The number of benzene rings is 1. The molecule has 0 atom stereocenters. The first-order valence-electron chi connectivity index (χ1n) is 4.82. The quantitative estimate of drug-likeness (QED) is 0.714. The lowest BCUT2D eigenvalue weighted by Gasteiger charge is -2.10. The molecule has 1 aromatic carbocycles. The van der Waals surface area contributed by atoms with Gasteiger partial charge in [0.05, 0.1) is 18.8 Å². The highest BCUT2D eigenvalue weighted by molar-refractivity contribution is 5.98. The zero-order valence-electron chi connectivity index (χ0n) is 8.45. The average Bonchev–Trinajstić information content (AvgIpc) is 2.43. The van der Waals surface area contributed by atoms with Crippen molar-refractivity contribution in [1.29, 1.82) is 0 Å². The van der Waals surface area contributed by atoms with Crippen LogP contribution in [0, 0.1) is 0 Å². The topological polar surface area (TPSA) is 55.8 Å². The Morgan fingerprint density at radius 2 is 2.07 bits per heavy atom. The molecule has 0 bridgehead atoms. The van der Waals surface area contributed by atoms with Crippen molar-refractivity contribution in [3.05, 3.63) is 17.7 Å². The first-order chi connectivity index (χ1) is 7.20. The van der Waals surface area contributed by atoms with E-state index in [1.165, 1.54) is 6.92 Å². The molecule has 1 N–H and O–H groups in total. The summed E-state index contributed by atoms with van der Waals surface area (Å²) in [5, 5.41) is 9.80. The third-order valence-electron chi connectivity index (χ3n) is 2.27. The number of hydrogen-bond acceptors (Lipinski definition) is 4. The Kier molecular flexibility index (Phi) is 2.49. The monoisotopic (exact) mass is 208 g/mol. The van der Waals surface area contributed by atoms with Crippen LogP contribution in [0.25, 0.3) is 0 Å². The van der Waals surface area contributed by atoms with Crippen molar-refractivity contribution in [2.75, 3.05) is 13.2 Å². The van der Waals surface area contributed by atoms with Gasteiger partial charge in [-0.05, 0) is 19.1 Å². The summed E-state index contributed by atoms with van der Waals surface area (Å²) in [6.07, 6.45) is 0.767. The Balaban J connectivity index is 2.50. The number of ether oxygens (including phenoxy) is 2. The predicted molar refractivity (Wildman–Crippen MR) is 53.7 cm³/mol. The molecule has 1 aliphatic rings. The summed E-state index contributed by atoms with van der Waals surface area (Å²) < 4.78 is 10.7. The SMILES string of the molecule is CC(=O)c1ccc2c(c1O)OCCCO2. The van der Waals surface area contributed by atoms with Crippen molar-refractivity contribution in [3.63, 3.8) is 0 Å². The van der Waals surface area contributed by atoms with Gasteiger partial charge in [-0.15, -0.1) is 0 Å². The zero-order valence-corrected chi connectivity index (χ0v) is 8.45. The van der Waals surface area contributed by atoms with Crippen LogP contribution in [0.1, 0.15) is 23.7 Å². The number of ketones is 1. The molecule has 1 heterocycles. The molecule has 1 aromatic rings. The van der Waals surface area contributed by atoms with E-state index >= 15 is 0 Å². The van der Waals surface area contributed by atoms with Crippen LogP contribution in [0.5, 0.6) is 17.2 Å². The van der Waals surface area contributed by atoms with E-state index in [2.05, 4.69) is 0 Å². The number of aromatic hydroxyl groups is 1. The molecule has 0 aromatic heterocycles. The summed E-state index contributed by atoms with van der Waals surface area (Å²) in [7, 11) is 0. The molecule has 0 amide bonds.